The summed E-state index contributed by atoms with van der Waals surface area (Å²) in [5.41, 5.74) is 0. The number of nitrogens with one attached hydrogen (secondary N) is 1. The summed E-state index contributed by atoms with van der Waals surface area (Å²) in [6.45, 7) is 1.83. The molecular formula is C12H16N6. The van der Waals surface area contributed by atoms with Crippen molar-refractivity contribution in [2.45, 2.75) is 31.8 Å². The highest BCUT2D eigenvalue weighted by Gasteiger charge is 2.26. The highest BCUT2D eigenvalue weighted by atomic mass is 15.3. The molecule has 1 saturated heterocycles. The van der Waals surface area contributed by atoms with Gasteiger partial charge in [0.25, 0.3) is 0 Å². The van der Waals surface area contributed by atoms with E-state index in [0.29, 0.717) is 6.04 Å². The maximum Gasteiger partial charge on any atom is 0.142 e. The third-order valence-corrected chi connectivity index (χ3v) is 3.33. The predicted molar refractivity (Wildman–Crippen MR) is 65.4 cm³/mol. The fourth-order valence-corrected chi connectivity index (χ4v) is 2.46. The van der Waals surface area contributed by atoms with Gasteiger partial charge in [-0.1, -0.05) is 6.42 Å². The van der Waals surface area contributed by atoms with Crippen LogP contribution in [0.4, 0.5) is 0 Å². The summed E-state index contributed by atoms with van der Waals surface area (Å²) < 4.78 is 0. The van der Waals surface area contributed by atoms with Gasteiger partial charge in [0, 0.05) is 12.4 Å². The monoisotopic (exact) mass is 244 g/mol. The fraction of sp³-hybridized carbons (Fsp3) is 0.500. The summed E-state index contributed by atoms with van der Waals surface area (Å²) in [7, 11) is 0. The van der Waals surface area contributed by atoms with E-state index in [4.69, 9.17) is 0 Å². The molecule has 0 unspecified atom stereocenters. The molecular weight excluding hydrogens is 228 g/mol. The van der Waals surface area contributed by atoms with Gasteiger partial charge in [-0.05, 0) is 25.5 Å². The number of likely N-dealkylation sites (tertiary alicyclic amines) is 1. The maximum absolute atomic E-state index is 4.29. The van der Waals surface area contributed by atoms with E-state index in [1.807, 2.05) is 6.07 Å². The number of hydrogen-bond donors (Lipinski definition) is 1. The normalized spacial score (nSPS) is 21.0. The first-order valence-corrected chi connectivity index (χ1v) is 6.29. The van der Waals surface area contributed by atoms with Crippen LogP contribution >= 0.6 is 0 Å². The maximum atomic E-state index is 4.29. The largest absolute Gasteiger partial charge is 0.286 e. The molecule has 1 aliphatic rings. The predicted octanol–water partition coefficient (Wildman–Crippen LogP) is 1.32. The Hall–Kier alpha value is -1.82. The first kappa shape index (κ1) is 11.3. The molecule has 3 heterocycles. The molecule has 0 spiro atoms. The molecule has 94 valence electrons. The van der Waals surface area contributed by atoms with Crippen molar-refractivity contribution in [1.29, 1.82) is 0 Å². The van der Waals surface area contributed by atoms with Crippen LogP contribution in [-0.2, 0) is 6.54 Å². The van der Waals surface area contributed by atoms with E-state index in [0.717, 1.165) is 31.2 Å². The molecule has 0 bridgehead atoms. The molecule has 0 aliphatic carbocycles. The Labute approximate surface area is 105 Å². The van der Waals surface area contributed by atoms with Gasteiger partial charge in [-0.25, -0.2) is 15.0 Å². The van der Waals surface area contributed by atoms with Crippen LogP contribution in [0.5, 0.6) is 0 Å². The Morgan fingerprint density at radius 3 is 2.89 bits per heavy atom. The average Bonchev–Trinajstić information content (AvgIpc) is 2.94. The number of hydrogen-bond acceptors (Lipinski definition) is 5. The van der Waals surface area contributed by atoms with Gasteiger partial charge >= 0.3 is 0 Å². The molecule has 2 aromatic heterocycles. The Morgan fingerprint density at radius 1 is 1.22 bits per heavy atom. The lowest BCUT2D eigenvalue weighted by atomic mass is 10.0. The van der Waals surface area contributed by atoms with Gasteiger partial charge in [0.15, 0.2) is 0 Å². The van der Waals surface area contributed by atoms with E-state index in [1.54, 1.807) is 18.7 Å². The van der Waals surface area contributed by atoms with Crippen molar-refractivity contribution >= 4 is 0 Å². The zero-order chi connectivity index (χ0) is 12.2. The second kappa shape index (κ2) is 5.22. The van der Waals surface area contributed by atoms with Crippen molar-refractivity contribution in [3.63, 3.8) is 0 Å². The van der Waals surface area contributed by atoms with Gasteiger partial charge in [0.1, 0.15) is 18.0 Å². The zero-order valence-corrected chi connectivity index (χ0v) is 10.2. The lowest BCUT2D eigenvalue weighted by molar-refractivity contribution is 0.130. The molecule has 6 nitrogen and oxygen atoms in total. The molecule has 6 heteroatoms. The third kappa shape index (κ3) is 2.38. The second-order valence-electron chi connectivity index (χ2n) is 4.52. The Balaban J connectivity index is 1.76. The number of piperidine rings is 1. The van der Waals surface area contributed by atoms with Crippen molar-refractivity contribution in [3.05, 3.63) is 36.4 Å². The Morgan fingerprint density at radius 2 is 2.11 bits per heavy atom. The molecule has 0 saturated carbocycles. The molecule has 0 aromatic carbocycles. The number of aromatic nitrogens is 5. The molecule has 2 aromatic rings. The van der Waals surface area contributed by atoms with Crippen molar-refractivity contribution in [1.82, 2.24) is 30.0 Å². The molecule has 1 N–H and O–H groups in total. The topological polar surface area (TPSA) is 70.6 Å². The van der Waals surface area contributed by atoms with Crippen LogP contribution in [0, 0.1) is 0 Å². The number of nitrogens with zero attached hydrogens (tertiary/aromatic N) is 5. The quantitative estimate of drug-likeness (QED) is 0.881. The molecule has 1 fully saturated rings. The van der Waals surface area contributed by atoms with Crippen molar-refractivity contribution in [2.75, 3.05) is 6.54 Å². The molecule has 1 atom stereocenters. The lowest BCUT2D eigenvalue weighted by Gasteiger charge is -2.33. The van der Waals surface area contributed by atoms with Crippen LogP contribution in [-0.4, -0.2) is 36.6 Å². The van der Waals surface area contributed by atoms with Gasteiger partial charge < -0.3 is 0 Å². The van der Waals surface area contributed by atoms with Gasteiger partial charge in [0.05, 0.1) is 12.6 Å². The lowest BCUT2D eigenvalue weighted by Crippen LogP contribution is -2.34. The van der Waals surface area contributed by atoms with E-state index < -0.39 is 0 Å². The van der Waals surface area contributed by atoms with Crippen LogP contribution in [0.1, 0.15) is 37.0 Å². The SMILES string of the molecule is c1cnc(CN2CCCC[C@H]2c2ncn[nH]2)nc1. The summed E-state index contributed by atoms with van der Waals surface area (Å²) in [5.74, 6) is 1.81. The third-order valence-electron chi connectivity index (χ3n) is 3.33. The summed E-state index contributed by atoms with van der Waals surface area (Å²) in [4.78, 5) is 15.2. The van der Waals surface area contributed by atoms with Gasteiger partial charge in [-0.3, -0.25) is 10.00 Å². The van der Waals surface area contributed by atoms with Gasteiger partial charge in [0.2, 0.25) is 0 Å². The molecule has 0 radical (unpaired) electrons. The van der Waals surface area contributed by atoms with E-state index >= 15 is 0 Å². The second-order valence-corrected chi connectivity index (χ2v) is 4.52. The van der Waals surface area contributed by atoms with Gasteiger partial charge in [-0.15, -0.1) is 0 Å². The number of H-pyrrole nitrogens is 1. The highest BCUT2D eigenvalue weighted by Crippen LogP contribution is 2.29. The van der Waals surface area contributed by atoms with Gasteiger partial charge in [-0.2, -0.15) is 5.10 Å². The van der Waals surface area contributed by atoms with Crippen LogP contribution in [0.15, 0.2) is 24.8 Å². The standard InChI is InChI=1S/C12H16N6/c1-2-7-18(8-11-13-5-3-6-14-11)10(4-1)12-15-9-16-17-12/h3,5-6,9-10H,1-2,4,7-8H2,(H,15,16,17)/t10-/m0/s1. The summed E-state index contributed by atoms with van der Waals surface area (Å²) in [6.07, 6.45) is 8.71. The Bertz CT molecular complexity index is 469. The zero-order valence-electron chi connectivity index (χ0n) is 10.2. The van der Waals surface area contributed by atoms with Crippen LogP contribution in [0.25, 0.3) is 0 Å². The fourth-order valence-electron chi connectivity index (χ4n) is 2.46. The molecule has 1 aliphatic heterocycles. The van der Waals surface area contributed by atoms with E-state index in [-0.39, 0.29) is 0 Å². The summed E-state index contributed by atoms with van der Waals surface area (Å²) in [6, 6.07) is 2.15. The number of aromatic amines is 1. The van der Waals surface area contributed by atoms with E-state index in [2.05, 4.69) is 30.0 Å². The van der Waals surface area contributed by atoms with E-state index in [1.165, 1.54) is 12.8 Å². The summed E-state index contributed by atoms with van der Waals surface area (Å²) in [5, 5.41) is 6.92. The van der Waals surface area contributed by atoms with Crippen LogP contribution in [0.3, 0.4) is 0 Å². The first-order chi connectivity index (χ1) is 8.93. The first-order valence-electron chi connectivity index (χ1n) is 6.29. The van der Waals surface area contributed by atoms with Crippen molar-refractivity contribution < 1.29 is 0 Å². The Kier molecular flexibility index (Phi) is 3.27. The minimum absolute atomic E-state index is 0.310. The molecule has 0 amide bonds. The number of rotatable bonds is 3. The highest BCUT2D eigenvalue weighted by molar-refractivity contribution is 4.97. The van der Waals surface area contributed by atoms with E-state index in [9.17, 15) is 0 Å². The average molecular weight is 244 g/mol. The van der Waals surface area contributed by atoms with Crippen LogP contribution < -0.4 is 0 Å². The minimum atomic E-state index is 0.310. The van der Waals surface area contributed by atoms with Crippen LogP contribution in [0.2, 0.25) is 0 Å². The summed E-state index contributed by atoms with van der Waals surface area (Å²) >= 11 is 0. The molecule has 3 rings (SSSR count). The molecule has 18 heavy (non-hydrogen) atoms. The van der Waals surface area contributed by atoms with Crippen molar-refractivity contribution in [2.24, 2.45) is 0 Å². The minimum Gasteiger partial charge on any atom is -0.286 e. The smallest absolute Gasteiger partial charge is 0.142 e. The van der Waals surface area contributed by atoms with Crippen molar-refractivity contribution in [3.8, 4) is 0 Å².